The predicted molar refractivity (Wildman–Crippen MR) is 77.1 cm³/mol. The highest BCUT2D eigenvalue weighted by molar-refractivity contribution is 8.03. The minimum absolute atomic E-state index is 0.206. The van der Waals surface area contributed by atoms with Crippen molar-refractivity contribution < 1.29 is 4.79 Å². The number of pyridine rings is 1. The fourth-order valence-electron chi connectivity index (χ4n) is 2.66. The van der Waals surface area contributed by atoms with E-state index >= 15 is 0 Å². The molecule has 0 bridgehead atoms. The summed E-state index contributed by atoms with van der Waals surface area (Å²) in [5.41, 5.74) is 3.67. The average molecular weight is 265 g/mol. The Labute approximate surface area is 115 Å². The molecular formula is C16H11NOS. The Bertz CT molecular complexity index is 773. The molecule has 0 unspecified atom stereocenters. The topological polar surface area (TPSA) is 30.0 Å². The van der Waals surface area contributed by atoms with Crippen LogP contribution in [0, 0.1) is 0 Å². The number of rotatable bonds is 0. The van der Waals surface area contributed by atoms with Crippen molar-refractivity contribution >= 4 is 28.4 Å². The van der Waals surface area contributed by atoms with Gasteiger partial charge in [-0.15, -0.1) is 0 Å². The molecule has 2 heterocycles. The van der Waals surface area contributed by atoms with Crippen LogP contribution in [0.5, 0.6) is 0 Å². The summed E-state index contributed by atoms with van der Waals surface area (Å²) in [6.07, 6.45) is 7.13. The molecular weight excluding hydrogens is 254 g/mol. The lowest BCUT2D eigenvalue weighted by Crippen LogP contribution is -2.08. The number of benzene rings is 1. The first-order valence-electron chi connectivity index (χ1n) is 6.30. The van der Waals surface area contributed by atoms with E-state index < -0.39 is 0 Å². The van der Waals surface area contributed by atoms with Gasteiger partial charge in [0.1, 0.15) is 0 Å². The van der Waals surface area contributed by atoms with Crippen molar-refractivity contribution in [3.63, 3.8) is 0 Å². The number of aromatic nitrogens is 1. The summed E-state index contributed by atoms with van der Waals surface area (Å²) >= 11 is 1.70. The molecule has 2 aliphatic rings. The predicted octanol–water partition coefficient (Wildman–Crippen LogP) is 3.67. The molecule has 1 aromatic carbocycles. The second-order valence-electron chi connectivity index (χ2n) is 4.80. The first-order valence-corrected chi connectivity index (χ1v) is 7.11. The highest BCUT2D eigenvalue weighted by atomic mass is 32.2. The van der Waals surface area contributed by atoms with Crippen LogP contribution in [-0.4, -0.2) is 10.8 Å². The van der Waals surface area contributed by atoms with E-state index in [-0.39, 0.29) is 5.78 Å². The molecule has 92 valence electrons. The van der Waals surface area contributed by atoms with Crippen LogP contribution in [0.25, 0.3) is 10.9 Å². The maximum Gasteiger partial charge on any atom is 0.160 e. The molecule has 0 saturated heterocycles. The van der Waals surface area contributed by atoms with E-state index in [1.54, 1.807) is 17.8 Å². The van der Waals surface area contributed by atoms with E-state index in [1.165, 1.54) is 21.4 Å². The van der Waals surface area contributed by atoms with Gasteiger partial charge in [0, 0.05) is 34.2 Å². The van der Waals surface area contributed by atoms with E-state index in [0.29, 0.717) is 6.42 Å². The van der Waals surface area contributed by atoms with Crippen LogP contribution in [0.4, 0.5) is 0 Å². The van der Waals surface area contributed by atoms with Gasteiger partial charge in [-0.25, -0.2) is 0 Å². The molecule has 2 aromatic rings. The van der Waals surface area contributed by atoms with Crippen LogP contribution < -0.4 is 0 Å². The number of nitrogens with zero attached hydrogens (tertiary/aromatic N) is 1. The molecule has 0 saturated carbocycles. The molecule has 4 rings (SSSR count). The highest BCUT2D eigenvalue weighted by Crippen LogP contribution is 2.44. The Morgan fingerprint density at radius 3 is 3.11 bits per heavy atom. The molecule has 0 fully saturated rings. The molecule has 19 heavy (non-hydrogen) atoms. The number of fused-ring (bicyclic) bond motifs is 4. The lowest BCUT2D eigenvalue weighted by atomic mass is 9.95. The van der Waals surface area contributed by atoms with Gasteiger partial charge in [0.05, 0.1) is 5.52 Å². The monoisotopic (exact) mass is 265 g/mol. The minimum Gasteiger partial charge on any atom is -0.294 e. The second-order valence-corrected chi connectivity index (χ2v) is 5.88. The SMILES string of the molecule is O=C1C=C2Sc3ccc4ncccc4c3CC2=CC1. The fourth-order valence-corrected chi connectivity index (χ4v) is 3.81. The standard InChI is InChI=1S/C16H11NOS/c18-11-4-3-10-8-13-12-2-1-7-17-14(12)5-6-15(13)19-16(10)9-11/h1-3,5-7,9H,4,8H2. The van der Waals surface area contributed by atoms with E-state index in [0.717, 1.165) is 16.8 Å². The van der Waals surface area contributed by atoms with Gasteiger partial charge in [0.15, 0.2) is 5.78 Å². The van der Waals surface area contributed by atoms with Gasteiger partial charge < -0.3 is 0 Å². The maximum absolute atomic E-state index is 11.5. The van der Waals surface area contributed by atoms with Crippen LogP contribution in [0.15, 0.2) is 58.0 Å². The zero-order valence-electron chi connectivity index (χ0n) is 10.2. The summed E-state index contributed by atoms with van der Waals surface area (Å²) in [7, 11) is 0. The quantitative estimate of drug-likeness (QED) is 0.728. The lowest BCUT2D eigenvalue weighted by molar-refractivity contribution is -0.113. The second kappa shape index (κ2) is 4.07. The number of carbonyl (C=O) groups is 1. The maximum atomic E-state index is 11.5. The summed E-state index contributed by atoms with van der Waals surface area (Å²) in [5.74, 6) is 0.206. The summed E-state index contributed by atoms with van der Waals surface area (Å²) in [6, 6.07) is 8.29. The summed E-state index contributed by atoms with van der Waals surface area (Å²) < 4.78 is 0. The van der Waals surface area contributed by atoms with Gasteiger partial charge in [-0.3, -0.25) is 9.78 Å². The number of allylic oxidation sites excluding steroid dienone is 3. The van der Waals surface area contributed by atoms with E-state index in [1.807, 2.05) is 12.3 Å². The molecule has 1 aromatic heterocycles. The molecule has 0 amide bonds. The summed E-state index contributed by atoms with van der Waals surface area (Å²) in [4.78, 5) is 18.3. The van der Waals surface area contributed by atoms with Gasteiger partial charge in [-0.05, 0) is 35.4 Å². The fraction of sp³-hybridized carbons (Fsp3) is 0.125. The normalized spacial score (nSPS) is 17.6. The summed E-state index contributed by atoms with van der Waals surface area (Å²) in [6.45, 7) is 0. The largest absolute Gasteiger partial charge is 0.294 e. The zero-order chi connectivity index (χ0) is 12.8. The lowest BCUT2D eigenvalue weighted by Gasteiger charge is -2.24. The van der Waals surface area contributed by atoms with Gasteiger partial charge in [0.2, 0.25) is 0 Å². The Morgan fingerprint density at radius 1 is 1.21 bits per heavy atom. The van der Waals surface area contributed by atoms with Gasteiger partial charge in [0.25, 0.3) is 0 Å². The molecule has 0 spiro atoms. The molecule has 2 nitrogen and oxygen atoms in total. The van der Waals surface area contributed by atoms with Crippen molar-refractivity contribution in [2.75, 3.05) is 0 Å². The van der Waals surface area contributed by atoms with Crippen molar-refractivity contribution in [3.8, 4) is 0 Å². The van der Waals surface area contributed by atoms with Crippen molar-refractivity contribution in [3.05, 3.63) is 58.7 Å². The third-order valence-corrected chi connectivity index (χ3v) is 4.80. The Morgan fingerprint density at radius 2 is 2.16 bits per heavy atom. The first-order chi connectivity index (χ1) is 9.31. The number of carbonyl (C=O) groups excluding carboxylic acids is 1. The minimum atomic E-state index is 0.206. The van der Waals surface area contributed by atoms with Crippen LogP contribution in [0.2, 0.25) is 0 Å². The molecule has 0 N–H and O–H groups in total. The van der Waals surface area contributed by atoms with Crippen molar-refractivity contribution in [2.45, 2.75) is 17.7 Å². The number of hydrogen-bond donors (Lipinski definition) is 0. The third kappa shape index (κ3) is 1.73. The molecule has 3 heteroatoms. The van der Waals surface area contributed by atoms with Crippen LogP contribution in [-0.2, 0) is 11.2 Å². The van der Waals surface area contributed by atoms with E-state index in [2.05, 4.69) is 29.3 Å². The number of hydrogen-bond acceptors (Lipinski definition) is 3. The van der Waals surface area contributed by atoms with Gasteiger partial charge >= 0.3 is 0 Å². The van der Waals surface area contributed by atoms with Crippen LogP contribution >= 0.6 is 11.8 Å². The molecule has 0 atom stereocenters. The van der Waals surface area contributed by atoms with Gasteiger partial charge in [-0.1, -0.05) is 23.9 Å². The highest BCUT2D eigenvalue weighted by Gasteiger charge is 2.23. The summed E-state index contributed by atoms with van der Waals surface area (Å²) in [5, 5.41) is 1.23. The van der Waals surface area contributed by atoms with Crippen molar-refractivity contribution in [1.29, 1.82) is 0 Å². The van der Waals surface area contributed by atoms with Crippen LogP contribution in [0.1, 0.15) is 12.0 Å². The van der Waals surface area contributed by atoms with Crippen LogP contribution in [0.3, 0.4) is 0 Å². The number of thioether (sulfide) groups is 1. The average Bonchev–Trinajstić information content (AvgIpc) is 2.45. The molecule has 1 aliphatic carbocycles. The van der Waals surface area contributed by atoms with Crippen molar-refractivity contribution in [2.24, 2.45) is 0 Å². The smallest absolute Gasteiger partial charge is 0.160 e. The third-order valence-electron chi connectivity index (χ3n) is 3.60. The Kier molecular flexibility index (Phi) is 2.35. The Hall–Kier alpha value is -1.87. The zero-order valence-corrected chi connectivity index (χ0v) is 11.0. The van der Waals surface area contributed by atoms with Gasteiger partial charge in [-0.2, -0.15) is 0 Å². The first kappa shape index (κ1) is 11.0. The molecule has 1 aliphatic heterocycles. The molecule has 0 radical (unpaired) electrons. The Balaban J connectivity index is 1.93. The van der Waals surface area contributed by atoms with E-state index in [9.17, 15) is 4.79 Å². The van der Waals surface area contributed by atoms with E-state index in [4.69, 9.17) is 0 Å². The number of ketones is 1. The van der Waals surface area contributed by atoms with Crippen molar-refractivity contribution in [1.82, 2.24) is 4.98 Å².